The fourth-order valence-electron chi connectivity index (χ4n) is 1.84. The Bertz CT molecular complexity index is 599. The van der Waals surface area contributed by atoms with Crippen molar-refractivity contribution in [3.63, 3.8) is 0 Å². The molecule has 21 heavy (non-hydrogen) atoms. The van der Waals surface area contributed by atoms with E-state index in [0.29, 0.717) is 12.3 Å². The Labute approximate surface area is 128 Å². The lowest BCUT2D eigenvalue weighted by Crippen LogP contribution is -2.32. The first-order valence-corrected chi connectivity index (χ1v) is 7.57. The molecule has 0 unspecified atom stereocenters. The number of hydrogen-bond acceptors (Lipinski definition) is 4. The van der Waals surface area contributed by atoms with Crippen LogP contribution in [0.2, 0.25) is 0 Å². The van der Waals surface area contributed by atoms with Gasteiger partial charge in [-0.25, -0.2) is 9.78 Å². The number of aromatic nitrogens is 1. The molecular formula is C15H19N3O2S. The number of carbonyl (C=O) groups is 1. The lowest BCUT2D eigenvalue weighted by atomic mass is 10.2. The summed E-state index contributed by atoms with van der Waals surface area (Å²) in [5.74, 6) is 0.911. The van der Waals surface area contributed by atoms with Crippen molar-refractivity contribution in [3.05, 3.63) is 40.3 Å². The molecule has 1 aromatic heterocycles. The molecule has 2 amide bonds. The summed E-state index contributed by atoms with van der Waals surface area (Å²) in [5, 5.41) is 8.66. The van der Waals surface area contributed by atoms with Crippen LogP contribution in [0.3, 0.4) is 0 Å². The third kappa shape index (κ3) is 4.19. The Balaban J connectivity index is 1.90. The minimum Gasteiger partial charge on any atom is -0.497 e. The maximum Gasteiger partial charge on any atom is 0.319 e. The van der Waals surface area contributed by atoms with Gasteiger partial charge in [0.2, 0.25) is 0 Å². The fraction of sp³-hybridized carbons (Fsp3) is 0.333. The summed E-state index contributed by atoms with van der Waals surface area (Å²) in [6, 6.07) is 5.35. The highest BCUT2D eigenvalue weighted by atomic mass is 32.1. The van der Waals surface area contributed by atoms with Gasteiger partial charge in [-0.1, -0.05) is 13.0 Å². The number of anilines is 1. The average molecular weight is 305 g/mol. The molecule has 0 aliphatic carbocycles. The summed E-state index contributed by atoms with van der Waals surface area (Å²) < 4.78 is 5.16. The Hall–Kier alpha value is -2.08. The smallest absolute Gasteiger partial charge is 0.319 e. The first kappa shape index (κ1) is 15.3. The van der Waals surface area contributed by atoms with Crippen LogP contribution in [0, 0.1) is 6.92 Å². The Morgan fingerprint density at radius 1 is 1.48 bits per heavy atom. The number of carbonyl (C=O) groups excluding carboxylic acids is 1. The zero-order valence-corrected chi connectivity index (χ0v) is 13.2. The van der Waals surface area contributed by atoms with Crippen molar-refractivity contribution in [1.29, 1.82) is 0 Å². The molecule has 0 aliphatic heterocycles. The molecule has 0 saturated heterocycles. The van der Waals surface area contributed by atoms with Gasteiger partial charge in [0.25, 0.3) is 0 Å². The van der Waals surface area contributed by atoms with Gasteiger partial charge in [0.15, 0.2) is 0 Å². The maximum atomic E-state index is 12.0. The Morgan fingerprint density at radius 2 is 2.29 bits per heavy atom. The highest BCUT2D eigenvalue weighted by Crippen LogP contribution is 2.21. The van der Waals surface area contributed by atoms with Gasteiger partial charge in [-0.2, -0.15) is 0 Å². The van der Waals surface area contributed by atoms with E-state index in [0.717, 1.165) is 16.3 Å². The van der Waals surface area contributed by atoms with Crippen LogP contribution in [0.15, 0.2) is 29.8 Å². The van der Waals surface area contributed by atoms with Crippen LogP contribution in [-0.4, -0.2) is 24.7 Å². The third-order valence-corrected chi connectivity index (χ3v) is 4.14. The van der Waals surface area contributed by atoms with Crippen LogP contribution in [0.25, 0.3) is 0 Å². The zero-order valence-electron chi connectivity index (χ0n) is 12.3. The lowest BCUT2D eigenvalue weighted by Gasteiger charge is -2.13. The Kier molecular flexibility index (Phi) is 5.16. The number of nitrogens with zero attached hydrogens (tertiary/aromatic N) is 1. The lowest BCUT2D eigenvalue weighted by molar-refractivity contribution is 0.251. The second-order valence-corrected chi connectivity index (χ2v) is 5.71. The van der Waals surface area contributed by atoms with Gasteiger partial charge >= 0.3 is 6.03 Å². The van der Waals surface area contributed by atoms with Gasteiger partial charge < -0.3 is 15.4 Å². The minimum absolute atomic E-state index is 0.196. The summed E-state index contributed by atoms with van der Waals surface area (Å²) in [6.45, 7) is 4.52. The summed E-state index contributed by atoms with van der Waals surface area (Å²) in [5.41, 5.74) is 1.73. The van der Waals surface area contributed by atoms with E-state index >= 15 is 0 Å². The summed E-state index contributed by atoms with van der Waals surface area (Å²) >= 11 is 1.59. The summed E-state index contributed by atoms with van der Waals surface area (Å²) in [7, 11) is 1.60. The van der Waals surface area contributed by atoms with Crippen molar-refractivity contribution in [1.82, 2.24) is 10.3 Å². The van der Waals surface area contributed by atoms with Crippen molar-refractivity contribution in [2.24, 2.45) is 0 Å². The molecule has 2 N–H and O–H groups in total. The van der Waals surface area contributed by atoms with E-state index in [9.17, 15) is 4.79 Å². The molecular weight excluding hydrogens is 286 g/mol. The molecule has 1 aromatic carbocycles. The van der Waals surface area contributed by atoms with E-state index in [1.807, 2.05) is 31.4 Å². The average Bonchev–Trinajstić information content (AvgIpc) is 3.01. The monoisotopic (exact) mass is 305 g/mol. The van der Waals surface area contributed by atoms with Crippen molar-refractivity contribution < 1.29 is 9.53 Å². The summed E-state index contributed by atoms with van der Waals surface area (Å²) in [4.78, 5) is 16.2. The molecule has 0 saturated carbocycles. The minimum atomic E-state index is -0.227. The molecule has 1 atom stereocenters. The molecule has 5 nitrogen and oxygen atoms in total. The topological polar surface area (TPSA) is 63.2 Å². The SMILES string of the molecule is COc1ccc(C)c(NC(=O)NC[C@@H](C)c2nccs2)c1. The van der Waals surface area contributed by atoms with E-state index in [4.69, 9.17) is 4.74 Å². The fourth-order valence-corrected chi connectivity index (χ4v) is 2.54. The van der Waals surface area contributed by atoms with Gasteiger partial charge in [-0.05, 0) is 18.6 Å². The van der Waals surface area contributed by atoms with E-state index in [2.05, 4.69) is 15.6 Å². The number of amides is 2. The predicted molar refractivity (Wildman–Crippen MR) is 85.3 cm³/mol. The third-order valence-electron chi connectivity index (χ3n) is 3.13. The first-order valence-electron chi connectivity index (χ1n) is 6.69. The van der Waals surface area contributed by atoms with Gasteiger partial charge in [-0.3, -0.25) is 0 Å². The number of urea groups is 1. The van der Waals surface area contributed by atoms with Gasteiger partial charge in [-0.15, -0.1) is 11.3 Å². The molecule has 1 heterocycles. The van der Waals surface area contributed by atoms with Crippen LogP contribution >= 0.6 is 11.3 Å². The van der Waals surface area contributed by atoms with E-state index in [1.165, 1.54) is 0 Å². The maximum absolute atomic E-state index is 12.0. The highest BCUT2D eigenvalue weighted by molar-refractivity contribution is 7.09. The number of ether oxygens (including phenoxy) is 1. The second kappa shape index (κ2) is 7.08. The van der Waals surface area contributed by atoms with Crippen molar-refractivity contribution in [3.8, 4) is 5.75 Å². The van der Waals surface area contributed by atoms with Gasteiger partial charge in [0.05, 0.1) is 12.1 Å². The van der Waals surface area contributed by atoms with Gasteiger partial charge in [0.1, 0.15) is 5.75 Å². The normalized spacial score (nSPS) is 11.8. The van der Waals surface area contributed by atoms with Crippen molar-refractivity contribution >= 4 is 23.1 Å². The molecule has 0 radical (unpaired) electrons. The number of rotatable bonds is 5. The molecule has 0 fully saturated rings. The number of aryl methyl sites for hydroxylation is 1. The molecule has 6 heteroatoms. The molecule has 2 aromatic rings. The number of hydrogen-bond donors (Lipinski definition) is 2. The second-order valence-electron chi connectivity index (χ2n) is 4.79. The standard InChI is InChI=1S/C15H19N3O2S/c1-10-4-5-12(20-3)8-13(10)18-15(19)17-9-11(2)14-16-6-7-21-14/h4-8,11H,9H2,1-3H3,(H2,17,18,19)/t11-/m1/s1. The quantitative estimate of drug-likeness (QED) is 0.890. The van der Waals surface area contributed by atoms with Crippen LogP contribution in [0.4, 0.5) is 10.5 Å². The molecule has 0 spiro atoms. The number of benzene rings is 1. The largest absolute Gasteiger partial charge is 0.497 e. The number of nitrogens with one attached hydrogen (secondary N) is 2. The number of thiazole rings is 1. The van der Waals surface area contributed by atoms with E-state index in [1.54, 1.807) is 30.7 Å². The van der Waals surface area contributed by atoms with Crippen LogP contribution in [0.5, 0.6) is 5.75 Å². The highest BCUT2D eigenvalue weighted by Gasteiger charge is 2.11. The first-order chi connectivity index (χ1) is 10.1. The van der Waals surface area contributed by atoms with Crippen LogP contribution < -0.4 is 15.4 Å². The van der Waals surface area contributed by atoms with Crippen LogP contribution in [0.1, 0.15) is 23.4 Å². The zero-order chi connectivity index (χ0) is 15.2. The van der Waals surface area contributed by atoms with E-state index < -0.39 is 0 Å². The van der Waals surface area contributed by atoms with E-state index in [-0.39, 0.29) is 11.9 Å². The molecule has 0 aliphatic rings. The molecule has 0 bridgehead atoms. The summed E-state index contributed by atoms with van der Waals surface area (Å²) in [6.07, 6.45) is 1.77. The predicted octanol–water partition coefficient (Wildman–Crippen LogP) is 3.39. The number of methoxy groups -OCH3 is 1. The Morgan fingerprint density at radius 3 is 2.95 bits per heavy atom. The van der Waals surface area contributed by atoms with Crippen molar-refractivity contribution in [2.45, 2.75) is 19.8 Å². The van der Waals surface area contributed by atoms with Gasteiger partial charge in [0, 0.05) is 35.8 Å². The van der Waals surface area contributed by atoms with Crippen molar-refractivity contribution in [2.75, 3.05) is 19.0 Å². The van der Waals surface area contributed by atoms with Crippen LogP contribution in [-0.2, 0) is 0 Å². The molecule has 2 rings (SSSR count). The molecule has 112 valence electrons.